The molecular formula is C18H26N2O2. The molecule has 120 valence electrons. The molecule has 0 spiro atoms. The first-order chi connectivity index (χ1) is 10.5. The van der Waals surface area contributed by atoms with Gasteiger partial charge in [-0.05, 0) is 31.2 Å². The fraction of sp³-hybridized carbons (Fsp3) is 0.556. The Morgan fingerprint density at radius 1 is 1.09 bits per heavy atom. The van der Waals surface area contributed by atoms with E-state index in [9.17, 15) is 9.59 Å². The molecule has 1 saturated carbocycles. The van der Waals surface area contributed by atoms with Crippen molar-refractivity contribution < 1.29 is 9.59 Å². The third kappa shape index (κ3) is 4.86. The molecule has 4 nitrogen and oxygen atoms in total. The summed E-state index contributed by atoms with van der Waals surface area (Å²) in [5.74, 6) is 0.309. The van der Waals surface area contributed by atoms with Gasteiger partial charge in [-0.1, -0.05) is 43.7 Å². The van der Waals surface area contributed by atoms with Gasteiger partial charge in [0.2, 0.25) is 11.8 Å². The van der Waals surface area contributed by atoms with Gasteiger partial charge in [0.25, 0.3) is 0 Å². The molecule has 1 aliphatic carbocycles. The van der Waals surface area contributed by atoms with E-state index in [2.05, 4.69) is 24.5 Å². The van der Waals surface area contributed by atoms with Crippen molar-refractivity contribution in [2.24, 2.45) is 17.8 Å². The molecule has 0 saturated heterocycles. The van der Waals surface area contributed by atoms with E-state index in [4.69, 9.17) is 0 Å². The molecule has 22 heavy (non-hydrogen) atoms. The van der Waals surface area contributed by atoms with Crippen LogP contribution in [0.1, 0.15) is 37.8 Å². The van der Waals surface area contributed by atoms with Crippen LogP contribution < -0.4 is 10.6 Å². The van der Waals surface area contributed by atoms with Crippen LogP contribution in [-0.2, 0) is 16.1 Å². The number of nitrogens with one attached hydrogen (secondary N) is 2. The maximum atomic E-state index is 12.1. The van der Waals surface area contributed by atoms with E-state index < -0.39 is 0 Å². The summed E-state index contributed by atoms with van der Waals surface area (Å²) in [5.41, 5.74) is 2.29. The maximum Gasteiger partial charge on any atom is 0.224 e. The molecule has 2 N–H and O–H groups in total. The average Bonchev–Trinajstić information content (AvgIpc) is 3.26. The van der Waals surface area contributed by atoms with E-state index >= 15 is 0 Å². The van der Waals surface area contributed by atoms with E-state index in [0.717, 1.165) is 12.0 Å². The smallest absolute Gasteiger partial charge is 0.224 e. The highest BCUT2D eigenvalue weighted by Gasteiger charge is 2.47. The monoisotopic (exact) mass is 302 g/mol. The van der Waals surface area contributed by atoms with Crippen LogP contribution in [0.4, 0.5) is 0 Å². The van der Waals surface area contributed by atoms with Crippen LogP contribution in [0.3, 0.4) is 0 Å². The van der Waals surface area contributed by atoms with E-state index in [1.807, 2.05) is 31.2 Å². The molecule has 0 aliphatic heterocycles. The van der Waals surface area contributed by atoms with Crippen molar-refractivity contribution >= 4 is 11.8 Å². The van der Waals surface area contributed by atoms with Crippen molar-refractivity contribution in [1.82, 2.24) is 10.6 Å². The van der Waals surface area contributed by atoms with Gasteiger partial charge in [-0.2, -0.15) is 0 Å². The Hall–Kier alpha value is -1.84. The predicted octanol–water partition coefficient (Wildman–Crippen LogP) is 2.41. The van der Waals surface area contributed by atoms with Gasteiger partial charge < -0.3 is 10.6 Å². The molecule has 1 fully saturated rings. The van der Waals surface area contributed by atoms with E-state index in [1.165, 1.54) is 5.56 Å². The van der Waals surface area contributed by atoms with Crippen molar-refractivity contribution in [2.45, 2.75) is 40.2 Å². The van der Waals surface area contributed by atoms with Gasteiger partial charge in [-0.3, -0.25) is 9.59 Å². The number of hydrogen-bond donors (Lipinski definition) is 2. The standard InChI is InChI=1S/C18H26N2O2/c1-12(2)8-9-19-17(21)15-10-16(15)18(22)20-11-14-6-4-13(3)5-7-14/h4-7,12,15-16H,8-11H2,1-3H3,(H,19,21)(H,20,22). The minimum absolute atomic E-state index is 0.00964. The summed E-state index contributed by atoms with van der Waals surface area (Å²) in [6, 6.07) is 8.09. The Balaban J connectivity index is 1.69. The summed E-state index contributed by atoms with van der Waals surface area (Å²) in [6.45, 7) is 7.52. The Morgan fingerprint density at radius 2 is 1.68 bits per heavy atom. The zero-order valence-electron chi connectivity index (χ0n) is 13.7. The summed E-state index contributed by atoms with van der Waals surface area (Å²) < 4.78 is 0. The molecule has 0 radical (unpaired) electrons. The molecule has 2 amide bonds. The lowest BCUT2D eigenvalue weighted by Gasteiger charge is -2.07. The number of carbonyl (C=O) groups is 2. The van der Waals surface area contributed by atoms with Crippen LogP contribution in [0.5, 0.6) is 0 Å². The Labute approximate surface area is 132 Å². The van der Waals surface area contributed by atoms with Gasteiger partial charge in [0.05, 0.1) is 11.8 Å². The number of benzene rings is 1. The Morgan fingerprint density at radius 3 is 2.27 bits per heavy atom. The van der Waals surface area contributed by atoms with Gasteiger partial charge >= 0.3 is 0 Å². The SMILES string of the molecule is Cc1ccc(CNC(=O)C2CC2C(=O)NCCC(C)C)cc1. The van der Waals surface area contributed by atoms with Crippen LogP contribution in [0, 0.1) is 24.7 Å². The van der Waals surface area contributed by atoms with Gasteiger partial charge in [0, 0.05) is 13.1 Å². The second kappa shape index (κ2) is 7.43. The first-order valence-corrected chi connectivity index (χ1v) is 8.08. The Bertz CT molecular complexity index is 522. The molecule has 0 heterocycles. The number of aryl methyl sites for hydroxylation is 1. The molecule has 1 aromatic carbocycles. The van der Waals surface area contributed by atoms with Crippen molar-refractivity contribution in [3.63, 3.8) is 0 Å². The molecule has 2 unspecified atom stereocenters. The summed E-state index contributed by atoms with van der Waals surface area (Å²) in [7, 11) is 0. The highest BCUT2D eigenvalue weighted by molar-refractivity contribution is 5.92. The first kappa shape index (κ1) is 16.5. The molecule has 2 rings (SSSR count). The molecule has 1 aromatic rings. The molecule has 2 atom stereocenters. The number of hydrogen-bond acceptors (Lipinski definition) is 2. The topological polar surface area (TPSA) is 58.2 Å². The maximum absolute atomic E-state index is 12.1. The highest BCUT2D eigenvalue weighted by Crippen LogP contribution is 2.38. The van der Waals surface area contributed by atoms with Crippen molar-refractivity contribution in [2.75, 3.05) is 6.54 Å². The molecule has 0 bridgehead atoms. The lowest BCUT2D eigenvalue weighted by molar-refractivity contribution is -0.127. The molecule has 0 aromatic heterocycles. The number of rotatable bonds is 7. The lowest BCUT2D eigenvalue weighted by atomic mass is 10.1. The largest absolute Gasteiger partial charge is 0.356 e. The summed E-state index contributed by atoms with van der Waals surface area (Å²) >= 11 is 0. The van der Waals surface area contributed by atoms with Crippen molar-refractivity contribution in [3.8, 4) is 0 Å². The average molecular weight is 302 g/mol. The quantitative estimate of drug-likeness (QED) is 0.812. The molecule has 4 heteroatoms. The number of carbonyl (C=O) groups excluding carboxylic acids is 2. The predicted molar refractivity (Wildman–Crippen MR) is 87.1 cm³/mol. The van der Waals surface area contributed by atoms with Gasteiger partial charge in [-0.25, -0.2) is 0 Å². The minimum atomic E-state index is -0.149. The second-order valence-corrected chi connectivity index (χ2v) is 6.63. The zero-order chi connectivity index (χ0) is 16.1. The van der Waals surface area contributed by atoms with Gasteiger partial charge in [-0.15, -0.1) is 0 Å². The minimum Gasteiger partial charge on any atom is -0.356 e. The summed E-state index contributed by atoms with van der Waals surface area (Å²) in [5, 5.41) is 5.84. The van der Waals surface area contributed by atoms with E-state index in [-0.39, 0.29) is 23.7 Å². The lowest BCUT2D eigenvalue weighted by Crippen LogP contribution is -2.30. The third-order valence-electron chi connectivity index (χ3n) is 4.07. The molecule has 1 aliphatic rings. The van der Waals surface area contributed by atoms with Gasteiger partial charge in [0.15, 0.2) is 0 Å². The Kier molecular flexibility index (Phi) is 5.58. The normalized spacial score (nSPS) is 19.8. The molecular weight excluding hydrogens is 276 g/mol. The van der Waals surface area contributed by atoms with Crippen molar-refractivity contribution in [1.29, 1.82) is 0 Å². The van der Waals surface area contributed by atoms with Crippen LogP contribution in [0.25, 0.3) is 0 Å². The van der Waals surface area contributed by atoms with Crippen LogP contribution in [-0.4, -0.2) is 18.4 Å². The van der Waals surface area contributed by atoms with E-state index in [0.29, 0.717) is 25.4 Å². The zero-order valence-corrected chi connectivity index (χ0v) is 13.7. The van der Waals surface area contributed by atoms with Crippen LogP contribution in [0.2, 0.25) is 0 Å². The van der Waals surface area contributed by atoms with Crippen LogP contribution in [0.15, 0.2) is 24.3 Å². The van der Waals surface area contributed by atoms with E-state index in [1.54, 1.807) is 0 Å². The van der Waals surface area contributed by atoms with Crippen LogP contribution >= 0.6 is 0 Å². The van der Waals surface area contributed by atoms with Crippen molar-refractivity contribution in [3.05, 3.63) is 35.4 Å². The highest BCUT2D eigenvalue weighted by atomic mass is 16.2. The fourth-order valence-electron chi connectivity index (χ4n) is 2.42. The number of amides is 2. The fourth-order valence-corrected chi connectivity index (χ4v) is 2.42. The summed E-state index contributed by atoms with van der Waals surface area (Å²) in [4.78, 5) is 24.0. The second-order valence-electron chi connectivity index (χ2n) is 6.63. The van der Waals surface area contributed by atoms with Gasteiger partial charge in [0.1, 0.15) is 0 Å². The third-order valence-corrected chi connectivity index (χ3v) is 4.07. The first-order valence-electron chi connectivity index (χ1n) is 8.08. The summed E-state index contributed by atoms with van der Waals surface area (Å²) in [6.07, 6.45) is 1.65.